The molecule has 0 amide bonds. The summed E-state index contributed by atoms with van der Waals surface area (Å²) >= 11 is 0. The van der Waals surface area contributed by atoms with Crippen LogP contribution >= 0.6 is 0 Å². The maximum absolute atomic E-state index is 11.0. The van der Waals surface area contributed by atoms with E-state index in [4.69, 9.17) is 4.74 Å². The predicted octanol–water partition coefficient (Wildman–Crippen LogP) is 2.05. The van der Waals surface area contributed by atoms with Gasteiger partial charge in [-0.05, 0) is 37.3 Å². The van der Waals surface area contributed by atoms with Crippen LogP contribution in [0.5, 0.6) is 0 Å². The highest BCUT2D eigenvalue weighted by Crippen LogP contribution is 2.46. The quantitative estimate of drug-likeness (QED) is 0.604. The normalized spacial score (nSPS) is 32.0. The third-order valence-corrected chi connectivity index (χ3v) is 4.24. The van der Waals surface area contributed by atoms with Gasteiger partial charge in [0.2, 0.25) is 0 Å². The van der Waals surface area contributed by atoms with Gasteiger partial charge < -0.3 is 14.9 Å². The van der Waals surface area contributed by atoms with E-state index in [2.05, 4.69) is 11.8 Å². The third-order valence-electron chi connectivity index (χ3n) is 4.24. The van der Waals surface area contributed by atoms with Crippen molar-refractivity contribution in [1.29, 1.82) is 0 Å². The second-order valence-corrected chi connectivity index (χ2v) is 6.58. The Morgan fingerprint density at radius 1 is 1.43 bits per heavy atom. The second-order valence-electron chi connectivity index (χ2n) is 6.58. The Morgan fingerprint density at radius 2 is 2.05 bits per heavy atom. The van der Waals surface area contributed by atoms with Gasteiger partial charge in [0, 0.05) is 12.3 Å². The zero-order valence-corrected chi connectivity index (χ0v) is 13.6. The van der Waals surface area contributed by atoms with E-state index in [1.165, 1.54) is 6.92 Å². The molecular weight excluding hydrogens is 268 g/mol. The van der Waals surface area contributed by atoms with Crippen molar-refractivity contribution >= 4 is 5.97 Å². The highest BCUT2D eigenvalue weighted by Gasteiger charge is 2.51. The van der Waals surface area contributed by atoms with Gasteiger partial charge in [-0.1, -0.05) is 32.6 Å². The van der Waals surface area contributed by atoms with Gasteiger partial charge >= 0.3 is 5.97 Å². The SMILES string of the molecule is CC(=O)OCC=C(C)C#C[C@]1(O)[C@H](C)C[C@@H](O)CC1(C)C. The molecule has 0 unspecified atom stereocenters. The molecule has 1 saturated carbocycles. The molecule has 1 aliphatic rings. The van der Waals surface area contributed by atoms with Gasteiger partial charge in [-0.15, -0.1) is 0 Å². The summed E-state index contributed by atoms with van der Waals surface area (Å²) in [5, 5.41) is 20.8. The number of rotatable bonds is 2. The molecule has 0 aromatic heterocycles. The predicted molar refractivity (Wildman–Crippen MR) is 81.3 cm³/mol. The van der Waals surface area contributed by atoms with E-state index in [-0.39, 0.29) is 18.5 Å². The van der Waals surface area contributed by atoms with Crippen LogP contribution in [0.15, 0.2) is 11.6 Å². The number of allylic oxidation sites excluding steroid dienone is 1. The minimum absolute atomic E-state index is 0.106. The van der Waals surface area contributed by atoms with Crippen molar-refractivity contribution in [3.63, 3.8) is 0 Å². The topological polar surface area (TPSA) is 66.8 Å². The Balaban J connectivity index is 2.89. The Kier molecular flexibility index (Phi) is 5.61. The highest BCUT2D eigenvalue weighted by atomic mass is 16.5. The van der Waals surface area contributed by atoms with Crippen LogP contribution in [0.2, 0.25) is 0 Å². The van der Waals surface area contributed by atoms with Gasteiger partial charge in [-0.2, -0.15) is 0 Å². The van der Waals surface area contributed by atoms with Crippen LogP contribution in [0.25, 0.3) is 0 Å². The fourth-order valence-electron chi connectivity index (χ4n) is 2.90. The summed E-state index contributed by atoms with van der Waals surface area (Å²) in [4.78, 5) is 10.7. The number of ether oxygens (including phenoxy) is 1. The van der Waals surface area contributed by atoms with Crippen LogP contribution in [-0.4, -0.2) is 34.5 Å². The van der Waals surface area contributed by atoms with Crippen LogP contribution in [0.4, 0.5) is 0 Å². The summed E-state index contributed by atoms with van der Waals surface area (Å²) < 4.78 is 4.83. The first kappa shape index (κ1) is 17.7. The van der Waals surface area contributed by atoms with E-state index in [0.717, 1.165) is 5.57 Å². The third kappa shape index (κ3) is 4.33. The van der Waals surface area contributed by atoms with Gasteiger partial charge in [0.25, 0.3) is 0 Å². The van der Waals surface area contributed by atoms with Crippen molar-refractivity contribution in [2.45, 2.75) is 59.2 Å². The Morgan fingerprint density at radius 3 is 2.57 bits per heavy atom. The van der Waals surface area contributed by atoms with Crippen molar-refractivity contribution in [3.05, 3.63) is 11.6 Å². The first-order valence-electron chi connectivity index (χ1n) is 7.32. The van der Waals surface area contributed by atoms with Gasteiger partial charge in [-0.25, -0.2) is 0 Å². The number of carbonyl (C=O) groups is 1. The number of hydrogen-bond donors (Lipinski definition) is 2. The fourth-order valence-corrected chi connectivity index (χ4v) is 2.90. The smallest absolute Gasteiger partial charge is 0.302 e. The van der Waals surface area contributed by atoms with Gasteiger partial charge in [0.05, 0.1) is 6.10 Å². The molecule has 1 fully saturated rings. The molecular formula is C17H26O4. The monoisotopic (exact) mass is 294 g/mol. The molecule has 1 rings (SSSR count). The molecule has 0 bridgehead atoms. The fraction of sp³-hybridized carbons (Fsp3) is 0.706. The molecule has 0 aliphatic heterocycles. The number of carbonyl (C=O) groups excluding carboxylic acids is 1. The summed E-state index contributed by atoms with van der Waals surface area (Å²) in [6, 6.07) is 0. The summed E-state index contributed by atoms with van der Waals surface area (Å²) in [6.07, 6.45) is 2.40. The first-order valence-corrected chi connectivity index (χ1v) is 7.32. The van der Waals surface area contributed by atoms with Crippen molar-refractivity contribution in [2.75, 3.05) is 6.61 Å². The van der Waals surface area contributed by atoms with Crippen LogP contribution in [0.1, 0.15) is 47.5 Å². The van der Waals surface area contributed by atoms with Gasteiger partial charge in [-0.3, -0.25) is 4.79 Å². The lowest BCUT2D eigenvalue weighted by atomic mass is 9.60. The summed E-state index contributed by atoms with van der Waals surface area (Å²) in [5.74, 6) is 5.50. The van der Waals surface area contributed by atoms with E-state index in [0.29, 0.717) is 12.8 Å². The van der Waals surface area contributed by atoms with E-state index in [9.17, 15) is 15.0 Å². The Hall–Kier alpha value is -1.31. The molecule has 3 atom stereocenters. The lowest BCUT2D eigenvalue weighted by Crippen LogP contribution is -2.54. The van der Waals surface area contributed by atoms with Crippen molar-refractivity contribution in [2.24, 2.45) is 11.3 Å². The molecule has 0 saturated heterocycles. The highest BCUT2D eigenvalue weighted by molar-refractivity contribution is 5.66. The first-order chi connectivity index (χ1) is 9.58. The zero-order valence-electron chi connectivity index (χ0n) is 13.6. The maximum Gasteiger partial charge on any atom is 0.302 e. The van der Waals surface area contributed by atoms with Crippen LogP contribution in [-0.2, 0) is 9.53 Å². The second kappa shape index (κ2) is 6.64. The molecule has 0 spiro atoms. The molecule has 4 heteroatoms. The number of aliphatic hydroxyl groups excluding tert-OH is 1. The Bertz CT molecular complexity index is 481. The molecule has 0 aromatic rings. The number of esters is 1. The minimum atomic E-state index is -1.14. The number of hydrogen-bond acceptors (Lipinski definition) is 4. The minimum Gasteiger partial charge on any atom is -0.462 e. The van der Waals surface area contributed by atoms with Crippen LogP contribution in [0.3, 0.4) is 0 Å². The average molecular weight is 294 g/mol. The van der Waals surface area contributed by atoms with E-state index < -0.39 is 17.1 Å². The summed E-state index contributed by atoms with van der Waals surface area (Å²) in [7, 11) is 0. The summed E-state index contributed by atoms with van der Waals surface area (Å²) in [5.41, 5.74) is -0.866. The molecule has 0 radical (unpaired) electrons. The molecule has 2 N–H and O–H groups in total. The zero-order chi connectivity index (χ0) is 16.3. The van der Waals surface area contributed by atoms with Crippen LogP contribution < -0.4 is 0 Å². The van der Waals surface area contributed by atoms with Crippen molar-refractivity contribution in [3.8, 4) is 11.8 Å². The molecule has 118 valence electrons. The largest absolute Gasteiger partial charge is 0.462 e. The van der Waals surface area contributed by atoms with E-state index in [1.807, 2.05) is 27.7 Å². The lowest BCUT2D eigenvalue weighted by Gasteiger charge is -2.48. The molecule has 4 nitrogen and oxygen atoms in total. The molecule has 0 aromatic carbocycles. The van der Waals surface area contributed by atoms with E-state index in [1.54, 1.807) is 6.08 Å². The van der Waals surface area contributed by atoms with Crippen LogP contribution in [0, 0.1) is 23.2 Å². The standard InChI is InChI=1S/C17H26O4/c1-12(7-9-21-14(3)18)6-8-17(20)13(2)10-15(19)11-16(17,4)5/h7,13,15,19-20H,9-11H2,1-5H3/t13-,15-,17+/m1/s1. The van der Waals surface area contributed by atoms with Gasteiger partial charge in [0.15, 0.2) is 0 Å². The molecule has 0 heterocycles. The molecule has 21 heavy (non-hydrogen) atoms. The van der Waals surface area contributed by atoms with E-state index >= 15 is 0 Å². The summed E-state index contributed by atoms with van der Waals surface area (Å²) in [6.45, 7) is 9.13. The van der Waals surface area contributed by atoms with Crippen molar-refractivity contribution in [1.82, 2.24) is 0 Å². The number of aliphatic hydroxyl groups is 2. The molecule has 1 aliphatic carbocycles. The van der Waals surface area contributed by atoms with Crippen molar-refractivity contribution < 1.29 is 19.7 Å². The maximum atomic E-state index is 11.0. The lowest BCUT2D eigenvalue weighted by molar-refractivity contribution is -0.139. The van der Waals surface area contributed by atoms with Gasteiger partial charge in [0.1, 0.15) is 12.2 Å². The average Bonchev–Trinajstić information content (AvgIpc) is 2.32. The Labute approximate surface area is 127 Å².